The molecule has 1 aliphatic heterocycles. The van der Waals surface area contributed by atoms with Crippen molar-refractivity contribution in [3.8, 4) is 5.69 Å². The Morgan fingerprint density at radius 2 is 1.96 bits per heavy atom. The fourth-order valence-electron chi connectivity index (χ4n) is 2.58. The lowest BCUT2D eigenvalue weighted by Gasteiger charge is -2.27. The SMILES string of the molecule is Cl.NC1COC(CCc2cc(-n3ncoc3=O)ccc2C(F)(F)F)OC1. The summed E-state index contributed by atoms with van der Waals surface area (Å²) in [6.45, 7) is 0.594. The minimum Gasteiger partial charge on any atom is -0.395 e. The number of alkyl halides is 3. The lowest BCUT2D eigenvalue weighted by Crippen LogP contribution is -2.41. The average Bonchev–Trinajstić information content (AvgIpc) is 2.99. The maximum absolute atomic E-state index is 13.2. The molecule has 1 aromatic heterocycles. The summed E-state index contributed by atoms with van der Waals surface area (Å²) in [6.07, 6.45) is -3.92. The molecule has 1 fully saturated rings. The van der Waals surface area contributed by atoms with Gasteiger partial charge in [0.1, 0.15) is 0 Å². The molecule has 0 spiro atoms. The van der Waals surface area contributed by atoms with Gasteiger partial charge in [-0.25, -0.2) is 4.79 Å². The molecule has 1 aliphatic rings. The van der Waals surface area contributed by atoms with Gasteiger partial charge in [0, 0.05) is 6.42 Å². The molecule has 26 heavy (non-hydrogen) atoms. The quantitative estimate of drug-likeness (QED) is 0.850. The van der Waals surface area contributed by atoms with Crippen molar-refractivity contribution in [2.45, 2.75) is 31.3 Å². The molecule has 11 heteroatoms. The Kier molecular flexibility index (Phi) is 6.45. The summed E-state index contributed by atoms with van der Waals surface area (Å²) in [5.74, 6) is -0.779. The Hall–Kier alpha value is -1.88. The summed E-state index contributed by atoms with van der Waals surface area (Å²) in [7, 11) is 0. The van der Waals surface area contributed by atoms with E-state index in [1.54, 1.807) is 0 Å². The number of hydrogen-bond donors (Lipinski definition) is 1. The molecule has 0 bridgehead atoms. The molecule has 2 N–H and O–H groups in total. The number of halogens is 4. The van der Waals surface area contributed by atoms with Crippen LogP contribution in [0.2, 0.25) is 0 Å². The number of hydrogen-bond acceptors (Lipinski definition) is 6. The second-order valence-corrected chi connectivity index (χ2v) is 5.65. The molecule has 3 rings (SSSR count). The Balaban J connectivity index is 0.00000243. The van der Waals surface area contributed by atoms with Gasteiger partial charge >= 0.3 is 11.9 Å². The number of benzene rings is 1. The highest BCUT2D eigenvalue weighted by molar-refractivity contribution is 5.85. The van der Waals surface area contributed by atoms with E-state index < -0.39 is 23.8 Å². The second kappa shape index (κ2) is 8.21. The molecule has 0 amide bonds. The van der Waals surface area contributed by atoms with Gasteiger partial charge in [-0.2, -0.15) is 17.9 Å². The van der Waals surface area contributed by atoms with E-state index in [-0.39, 0.29) is 42.5 Å². The topological polar surface area (TPSA) is 92.5 Å². The second-order valence-electron chi connectivity index (χ2n) is 5.65. The fraction of sp³-hybridized carbons (Fsp3) is 0.467. The molecule has 0 atom stereocenters. The van der Waals surface area contributed by atoms with Gasteiger partial charge < -0.3 is 19.6 Å². The predicted molar refractivity (Wildman–Crippen MR) is 86.3 cm³/mol. The molecular weight excluding hydrogens is 379 g/mol. The van der Waals surface area contributed by atoms with Crippen molar-refractivity contribution in [1.29, 1.82) is 0 Å². The zero-order chi connectivity index (χ0) is 18.0. The molecule has 0 unspecified atom stereocenters. The minimum absolute atomic E-state index is 0. The summed E-state index contributed by atoms with van der Waals surface area (Å²) in [5, 5.41) is 3.67. The van der Waals surface area contributed by atoms with E-state index in [2.05, 4.69) is 9.52 Å². The molecule has 144 valence electrons. The Bertz CT molecular complexity index is 785. The van der Waals surface area contributed by atoms with Crippen LogP contribution < -0.4 is 11.5 Å². The van der Waals surface area contributed by atoms with E-state index in [0.717, 1.165) is 17.1 Å². The molecule has 1 aromatic carbocycles. The molecule has 0 radical (unpaired) electrons. The van der Waals surface area contributed by atoms with E-state index in [1.165, 1.54) is 12.1 Å². The predicted octanol–water partition coefficient (Wildman–Crippen LogP) is 1.90. The molecule has 1 saturated heterocycles. The van der Waals surface area contributed by atoms with Gasteiger partial charge in [-0.3, -0.25) is 0 Å². The van der Waals surface area contributed by atoms with Crippen LogP contribution in [0.4, 0.5) is 13.2 Å². The molecule has 0 saturated carbocycles. The van der Waals surface area contributed by atoms with Gasteiger partial charge in [0.25, 0.3) is 0 Å². The van der Waals surface area contributed by atoms with Crippen molar-refractivity contribution >= 4 is 12.4 Å². The monoisotopic (exact) mass is 395 g/mol. The highest BCUT2D eigenvalue weighted by Crippen LogP contribution is 2.33. The van der Waals surface area contributed by atoms with Crippen LogP contribution in [0.3, 0.4) is 0 Å². The van der Waals surface area contributed by atoms with Crippen molar-refractivity contribution in [2.75, 3.05) is 13.2 Å². The first-order valence-corrected chi connectivity index (χ1v) is 7.56. The summed E-state index contributed by atoms with van der Waals surface area (Å²) < 4.78 is 55.8. The lowest BCUT2D eigenvalue weighted by molar-refractivity contribution is -0.187. The third-order valence-electron chi connectivity index (χ3n) is 3.77. The normalized spacial score (nSPS) is 20.6. The van der Waals surface area contributed by atoms with Crippen molar-refractivity contribution in [3.05, 3.63) is 46.3 Å². The van der Waals surface area contributed by atoms with Gasteiger partial charge in [0.2, 0.25) is 6.39 Å². The standard InChI is InChI=1S/C15H16F3N3O4.ClH/c16-15(17,18)12-3-2-11(21-14(22)25-8-20-21)5-9(12)1-4-13-23-6-10(19)7-24-13;/h2-3,5,8,10,13H,1,4,6-7,19H2;1H. The third-order valence-corrected chi connectivity index (χ3v) is 3.77. The van der Waals surface area contributed by atoms with Gasteiger partial charge in [-0.15, -0.1) is 17.5 Å². The van der Waals surface area contributed by atoms with Crippen LogP contribution in [0.15, 0.2) is 33.8 Å². The minimum atomic E-state index is -4.51. The van der Waals surface area contributed by atoms with Crippen LogP contribution in [0.5, 0.6) is 0 Å². The summed E-state index contributed by atoms with van der Waals surface area (Å²) >= 11 is 0. The largest absolute Gasteiger partial charge is 0.441 e. The molecule has 2 heterocycles. The van der Waals surface area contributed by atoms with E-state index in [0.29, 0.717) is 13.2 Å². The van der Waals surface area contributed by atoms with E-state index in [4.69, 9.17) is 15.2 Å². The first-order chi connectivity index (χ1) is 11.8. The molecule has 7 nitrogen and oxygen atoms in total. The first-order valence-electron chi connectivity index (χ1n) is 7.56. The fourth-order valence-corrected chi connectivity index (χ4v) is 2.58. The number of aromatic nitrogens is 2. The highest BCUT2D eigenvalue weighted by Gasteiger charge is 2.33. The van der Waals surface area contributed by atoms with Gasteiger partial charge in [-0.1, -0.05) is 0 Å². The van der Waals surface area contributed by atoms with Crippen LogP contribution in [0.25, 0.3) is 5.69 Å². The van der Waals surface area contributed by atoms with Crippen LogP contribution >= 0.6 is 12.4 Å². The zero-order valence-corrected chi connectivity index (χ0v) is 14.3. The average molecular weight is 396 g/mol. The van der Waals surface area contributed by atoms with E-state index >= 15 is 0 Å². The number of rotatable bonds is 4. The van der Waals surface area contributed by atoms with E-state index in [9.17, 15) is 18.0 Å². The van der Waals surface area contributed by atoms with Crippen LogP contribution in [-0.4, -0.2) is 35.3 Å². The van der Waals surface area contributed by atoms with Crippen LogP contribution in [0, 0.1) is 0 Å². The van der Waals surface area contributed by atoms with Crippen molar-refractivity contribution in [3.63, 3.8) is 0 Å². The maximum Gasteiger partial charge on any atom is 0.441 e. The highest BCUT2D eigenvalue weighted by atomic mass is 35.5. The van der Waals surface area contributed by atoms with Crippen molar-refractivity contribution in [2.24, 2.45) is 5.73 Å². The lowest BCUT2D eigenvalue weighted by atomic mass is 10.0. The summed E-state index contributed by atoms with van der Waals surface area (Å²) in [4.78, 5) is 11.5. The number of nitrogens with zero attached hydrogens (tertiary/aromatic N) is 2. The van der Waals surface area contributed by atoms with Gasteiger partial charge in [0.05, 0.1) is 30.5 Å². The van der Waals surface area contributed by atoms with Crippen LogP contribution in [0.1, 0.15) is 17.5 Å². The number of aryl methyl sites for hydroxylation is 1. The number of ether oxygens (including phenoxy) is 2. The van der Waals surface area contributed by atoms with Gasteiger partial charge in [-0.05, 0) is 30.2 Å². The van der Waals surface area contributed by atoms with Crippen LogP contribution in [-0.2, 0) is 22.1 Å². The smallest absolute Gasteiger partial charge is 0.395 e. The summed E-state index contributed by atoms with van der Waals surface area (Å²) in [6, 6.07) is 3.12. The molecule has 2 aromatic rings. The molecular formula is C15H17ClF3N3O4. The first kappa shape index (κ1) is 20.4. The van der Waals surface area contributed by atoms with E-state index in [1.807, 2.05) is 0 Å². The summed E-state index contributed by atoms with van der Waals surface area (Å²) in [5.41, 5.74) is 5.05. The Labute approximate surface area is 152 Å². The zero-order valence-electron chi connectivity index (χ0n) is 13.4. The number of nitrogens with two attached hydrogens (primary N) is 1. The van der Waals surface area contributed by atoms with Crippen molar-refractivity contribution in [1.82, 2.24) is 9.78 Å². The maximum atomic E-state index is 13.2. The van der Waals surface area contributed by atoms with Gasteiger partial charge in [0.15, 0.2) is 6.29 Å². The molecule has 0 aliphatic carbocycles. The Morgan fingerprint density at radius 3 is 2.54 bits per heavy atom. The third kappa shape index (κ3) is 4.64. The Morgan fingerprint density at radius 1 is 1.27 bits per heavy atom. The van der Waals surface area contributed by atoms with Crippen molar-refractivity contribution < 1.29 is 27.1 Å².